The molecule has 1 aromatic heterocycles. The molecule has 0 spiro atoms. The van der Waals surface area contributed by atoms with Crippen LogP contribution < -0.4 is 4.74 Å². The molecule has 0 amide bonds. The van der Waals surface area contributed by atoms with E-state index in [1.807, 2.05) is 18.2 Å². The van der Waals surface area contributed by atoms with E-state index in [2.05, 4.69) is 9.97 Å². The molecule has 0 unspecified atom stereocenters. The molecule has 14 heavy (non-hydrogen) atoms. The van der Waals surface area contributed by atoms with Gasteiger partial charge < -0.3 is 9.84 Å². The molecular weight excluding hydrogens is 180 g/mol. The molecule has 0 aliphatic rings. The molecule has 4 heteroatoms. The number of aromatic nitrogens is 2. The van der Waals surface area contributed by atoms with E-state index in [4.69, 9.17) is 9.84 Å². The van der Waals surface area contributed by atoms with Crippen LogP contribution >= 0.6 is 0 Å². The molecule has 0 bridgehead atoms. The number of fused-ring (bicyclic) bond motifs is 1. The van der Waals surface area contributed by atoms with E-state index in [0.717, 1.165) is 16.5 Å². The predicted octanol–water partition coefficient (Wildman–Crippen LogP) is 1.13. The Bertz CT molecular complexity index is 457. The Hall–Kier alpha value is -1.68. The topological polar surface area (TPSA) is 55.2 Å². The fourth-order valence-corrected chi connectivity index (χ4v) is 1.34. The van der Waals surface area contributed by atoms with Gasteiger partial charge in [-0.05, 0) is 17.7 Å². The number of benzene rings is 1. The van der Waals surface area contributed by atoms with Crippen LogP contribution in [0.1, 0.15) is 5.56 Å². The number of hydrogen-bond acceptors (Lipinski definition) is 4. The summed E-state index contributed by atoms with van der Waals surface area (Å²) in [5.41, 5.74) is 1.64. The Morgan fingerprint density at radius 3 is 2.93 bits per heavy atom. The second kappa shape index (κ2) is 3.59. The van der Waals surface area contributed by atoms with Crippen LogP contribution in [0, 0.1) is 0 Å². The zero-order chi connectivity index (χ0) is 9.97. The zero-order valence-electron chi connectivity index (χ0n) is 7.77. The van der Waals surface area contributed by atoms with Crippen LogP contribution in [0.3, 0.4) is 0 Å². The Balaban J connectivity index is 2.70. The van der Waals surface area contributed by atoms with Crippen LogP contribution in [-0.2, 0) is 6.61 Å². The first-order valence-corrected chi connectivity index (χ1v) is 4.23. The van der Waals surface area contributed by atoms with Crippen molar-refractivity contribution in [3.05, 3.63) is 30.1 Å². The van der Waals surface area contributed by atoms with Crippen LogP contribution in [0.25, 0.3) is 10.9 Å². The highest BCUT2D eigenvalue weighted by Crippen LogP contribution is 2.21. The first kappa shape index (κ1) is 8.90. The molecule has 1 heterocycles. The number of ether oxygens (including phenoxy) is 1. The second-order valence-electron chi connectivity index (χ2n) is 2.89. The summed E-state index contributed by atoms with van der Waals surface area (Å²) in [7, 11) is 1.56. The van der Waals surface area contributed by atoms with Gasteiger partial charge in [0.25, 0.3) is 0 Å². The zero-order valence-corrected chi connectivity index (χ0v) is 7.77. The minimum absolute atomic E-state index is 0.00793. The van der Waals surface area contributed by atoms with E-state index >= 15 is 0 Å². The smallest absolute Gasteiger partial charge is 0.224 e. The molecule has 1 N–H and O–H groups in total. The lowest BCUT2D eigenvalue weighted by Gasteiger charge is -2.04. The fourth-order valence-electron chi connectivity index (χ4n) is 1.34. The average molecular weight is 190 g/mol. The van der Waals surface area contributed by atoms with Crippen LogP contribution in [0.2, 0.25) is 0 Å². The highest BCUT2D eigenvalue weighted by atomic mass is 16.5. The molecule has 0 fully saturated rings. The lowest BCUT2D eigenvalue weighted by Crippen LogP contribution is -1.92. The minimum atomic E-state index is 0.00793. The van der Waals surface area contributed by atoms with E-state index in [1.165, 1.54) is 6.33 Å². The predicted molar refractivity (Wildman–Crippen MR) is 52.0 cm³/mol. The summed E-state index contributed by atoms with van der Waals surface area (Å²) in [6.45, 7) is 0.00793. The van der Waals surface area contributed by atoms with Gasteiger partial charge in [0.15, 0.2) is 0 Å². The van der Waals surface area contributed by atoms with Crippen molar-refractivity contribution >= 4 is 10.9 Å². The number of aliphatic hydroxyl groups is 1. The second-order valence-corrected chi connectivity index (χ2v) is 2.89. The summed E-state index contributed by atoms with van der Waals surface area (Å²) in [6.07, 6.45) is 1.46. The maximum atomic E-state index is 8.98. The van der Waals surface area contributed by atoms with Gasteiger partial charge in [-0.15, -0.1) is 0 Å². The van der Waals surface area contributed by atoms with E-state index in [1.54, 1.807) is 7.11 Å². The standard InChI is InChI=1S/C10H10N2O2/c1-14-10-8-4-7(5-13)2-3-9(8)11-6-12-10/h2-4,6,13H,5H2,1H3. The Labute approximate surface area is 81.2 Å². The monoisotopic (exact) mass is 190 g/mol. The van der Waals surface area contributed by atoms with Gasteiger partial charge in [-0.25, -0.2) is 9.97 Å². The van der Waals surface area contributed by atoms with Gasteiger partial charge >= 0.3 is 0 Å². The first-order chi connectivity index (χ1) is 6.85. The van der Waals surface area contributed by atoms with Crippen LogP contribution in [-0.4, -0.2) is 22.2 Å². The SMILES string of the molecule is COc1ncnc2ccc(CO)cc12. The maximum Gasteiger partial charge on any atom is 0.224 e. The highest BCUT2D eigenvalue weighted by molar-refractivity contribution is 5.83. The number of rotatable bonds is 2. The third kappa shape index (κ3) is 1.40. The van der Waals surface area contributed by atoms with E-state index in [-0.39, 0.29) is 6.61 Å². The number of hydrogen-bond donors (Lipinski definition) is 1. The van der Waals surface area contributed by atoms with Crippen molar-refractivity contribution in [2.75, 3.05) is 7.11 Å². The highest BCUT2D eigenvalue weighted by Gasteiger charge is 2.03. The number of methoxy groups -OCH3 is 1. The molecular formula is C10H10N2O2. The Kier molecular flexibility index (Phi) is 2.28. The van der Waals surface area contributed by atoms with Crippen LogP contribution in [0.5, 0.6) is 5.88 Å². The van der Waals surface area contributed by atoms with Crippen LogP contribution in [0.4, 0.5) is 0 Å². The molecule has 4 nitrogen and oxygen atoms in total. The molecule has 0 radical (unpaired) electrons. The van der Waals surface area contributed by atoms with Gasteiger partial charge in [-0.2, -0.15) is 0 Å². The van der Waals surface area contributed by atoms with Crippen molar-refractivity contribution in [3.63, 3.8) is 0 Å². The summed E-state index contributed by atoms with van der Waals surface area (Å²) < 4.78 is 5.09. The quantitative estimate of drug-likeness (QED) is 0.771. The summed E-state index contributed by atoms with van der Waals surface area (Å²) in [4.78, 5) is 8.08. The Morgan fingerprint density at radius 1 is 1.36 bits per heavy atom. The molecule has 0 saturated heterocycles. The molecule has 0 aliphatic heterocycles. The number of aliphatic hydroxyl groups excluding tert-OH is 1. The third-order valence-corrected chi connectivity index (χ3v) is 2.04. The molecule has 1 aromatic carbocycles. The van der Waals surface area contributed by atoms with Crippen molar-refractivity contribution in [3.8, 4) is 5.88 Å². The molecule has 2 aromatic rings. The van der Waals surface area contributed by atoms with Gasteiger partial charge in [0, 0.05) is 0 Å². The van der Waals surface area contributed by atoms with Gasteiger partial charge in [-0.1, -0.05) is 6.07 Å². The average Bonchev–Trinajstić information content (AvgIpc) is 2.27. The van der Waals surface area contributed by atoms with Crippen molar-refractivity contribution in [2.45, 2.75) is 6.61 Å². The molecule has 2 rings (SSSR count). The van der Waals surface area contributed by atoms with Crippen molar-refractivity contribution < 1.29 is 9.84 Å². The first-order valence-electron chi connectivity index (χ1n) is 4.23. The van der Waals surface area contributed by atoms with Gasteiger partial charge in [0.05, 0.1) is 24.6 Å². The molecule has 0 aliphatic carbocycles. The van der Waals surface area contributed by atoms with Crippen LogP contribution in [0.15, 0.2) is 24.5 Å². The van der Waals surface area contributed by atoms with Crippen molar-refractivity contribution in [1.82, 2.24) is 9.97 Å². The Morgan fingerprint density at radius 2 is 2.21 bits per heavy atom. The maximum absolute atomic E-state index is 8.98. The molecule has 72 valence electrons. The van der Waals surface area contributed by atoms with E-state index in [9.17, 15) is 0 Å². The van der Waals surface area contributed by atoms with Gasteiger partial charge in [-0.3, -0.25) is 0 Å². The van der Waals surface area contributed by atoms with Crippen molar-refractivity contribution in [2.24, 2.45) is 0 Å². The van der Waals surface area contributed by atoms with Crippen molar-refractivity contribution in [1.29, 1.82) is 0 Å². The summed E-state index contributed by atoms with van der Waals surface area (Å²) >= 11 is 0. The minimum Gasteiger partial charge on any atom is -0.480 e. The summed E-state index contributed by atoms with van der Waals surface area (Å²) in [5, 5.41) is 9.80. The molecule has 0 saturated carbocycles. The summed E-state index contributed by atoms with van der Waals surface area (Å²) in [6, 6.07) is 5.49. The largest absolute Gasteiger partial charge is 0.480 e. The van der Waals surface area contributed by atoms with Gasteiger partial charge in [0.2, 0.25) is 5.88 Å². The lowest BCUT2D eigenvalue weighted by molar-refractivity contribution is 0.282. The fraction of sp³-hybridized carbons (Fsp3) is 0.200. The lowest BCUT2D eigenvalue weighted by atomic mass is 10.1. The van der Waals surface area contributed by atoms with E-state index < -0.39 is 0 Å². The normalized spacial score (nSPS) is 10.4. The third-order valence-electron chi connectivity index (χ3n) is 2.04. The van der Waals surface area contributed by atoms with Gasteiger partial charge in [0.1, 0.15) is 6.33 Å². The summed E-state index contributed by atoms with van der Waals surface area (Å²) in [5.74, 6) is 0.533. The molecule has 0 atom stereocenters. The van der Waals surface area contributed by atoms with E-state index in [0.29, 0.717) is 5.88 Å². The number of nitrogens with zero attached hydrogens (tertiary/aromatic N) is 2.